The van der Waals surface area contributed by atoms with Crippen molar-refractivity contribution in [2.75, 3.05) is 38.6 Å². The van der Waals surface area contributed by atoms with E-state index < -0.39 is 0 Å². The highest BCUT2D eigenvalue weighted by Crippen LogP contribution is 2.25. The Bertz CT molecular complexity index is 431. The molecule has 0 atom stereocenters. The SMILES string of the molecule is CCCN(CCN(C)C)c1cc(Br)ccc1C(=N)N. The van der Waals surface area contributed by atoms with Gasteiger partial charge in [-0.25, -0.2) is 0 Å². The Morgan fingerprint density at radius 2 is 1.95 bits per heavy atom. The molecule has 106 valence electrons. The van der Waals surface area contributed by atoms with Crippen LogP contribution in [0.25, 0.3) is 0 Å². The number of halogens is 1. The first-order valence-electron chi connectivity index (χ1n) is 6.49. The molecule has 4 nitrogen and oxygen atoms in total. The van der Waals surface area contributed by atoms with Crippen molar-refractivity contribution in [3.05, 3.63) is 28.2 Å². The zero-order valence-electron chi connectivity index (χ0n) is 11.9. The number of nitrogen functional groups attached to an aromatic ring is 1. The predicted molar refractivity (Wildman–Crippen MR) is 86.2 cm³/mol. The van der Waals surface area contributed by atoms with Crippen LogP contribution in [0.5, 0.6) is 0 Å². The van der Waals surface area contributed by atoms with Crippen molar-refractivity contribution < 1.29 is 0 Å². The van der Waals surface area contributed by atoms with E-state index in [-0.39, 0.29) is 5.84 Å². The molecule has 0 radical (unpaired) electrons. The molecule has 0 amide bonds. The maximum absolute atomic E-state index is 7.71. The lowest BCUT2D eigenvalue weighted by atomic mass is 10.1. The van der Waals surface area contributed by atoms with Crippen LogP contribution in [0.3, 0.4) is 0 Å². The summed E-state index contributed by atoms with van der Waals surface area (Å²) in [6, 6.07) is 5.87. The molecule has 0 aliphatic rings. The van der Waals surface area contributed by atoms with Gasteiger partial charge >= 0.3 is 0 Å². The normalized spacial score (nSPS) is 10.8. The van der Waals surface area contributed by atoms with E-state index in [1.807, 2.05) is 18.2 Å². The van der Waals surface area contributed by atoms with Gasteiger partial charge in [-0.15, -0.1) is 0 Å². The average Bonchev–Trinajstić information content (AvgIpc) is 2.33. The molecule has 19 heavy (non-hydrogen) atoms. The van der Waals surface area contributed by atoms with E-state index in [9.17, 15) is 0 Å². The lowest BCUT2D eigenvalue weighted by Gasteiger charge is -2.28. The smallest absolute Gasteiger partial charge is 0.124 e. The third-order valence-electron chi connectivity index (χ3n) is 2.90. The Morgan fingerprint density at radius 1 is 1.26 bits per heavy atom. The Hall–Kier alpha value is -1.07. The summed E-state index contributed by atoms with van der Waals surface area (Å²) in [4.78, 5) is 4.45. The highest BCUT2D eigenvalue weighted by atomic mass is 79.9. The summed E-state index contributed by atoms with van der Waals surface area (Å²) in [6.45, 7) is 5.03. The number of benzene rings is 1. The lowest BCUT2D eigenvalue weighted by Crippen LogP contribution is -2.33. The minimum Gasteiger partial charge on any atom is -0.384 e. The summed E-state index contributed by atoms with van der Waals surface area (Å²) < 4.78 is 1.01. The molecule has 1 aromatic rings. The first-order chi connectivity index (χ1) is 8.95. The van der Waals surface area contributed by atoms with Gasteiger partial charge in [0.15, 0.2) is 0 Å². The fourth-order valence-corrected chi connectivity index (χ4v) is 2.29. The van der Waals surface area contributed by atoms with Gasteiger partial charge in [0.1, 0.15) is 5.84 Å². The van der Waals surface area contributed by atoms with E-state index in [1.165, 1.54) is 0 Å². The van der Waals surface area contributed by atoms with Crippen molar-refractivity contribution in [1.82, 2.24) is 4.90 Å². The molecule has 3 N–H and O–H groups in total. The van der Waals surface area contributed by atoms with Crippen LogP contribution in [0.1, 0.15) is 18.9 Å². The van der Waals surface area contributed by atoms with Crippen LogP contribution in [0.4, 0.5) is 5.69 Å². The molecule has 0 unspecified atom stereocenters. The van der Waals surface area contributed by atoms with Crippen molar-refractivity contribution in [1.29, 1.82) is 5.41 Å². The van der Waals surface area contributed by atoms with Crippen LogP contribution in [0, 0.1) is 5.41 Å². The summed E-state index contributed by atoms with van der Waals surface area (Å²) in [6.07, 6.45) is 1.07. The second-order valence-corrected chi connectivity index (χ2v) is 5.78. The summed E-state index contributed by atoms with van der Waals surface area (Å²) in [5.74, 6) is 0.119. The van der Waals surface area contributed by atoms with Gasteiger partial charge in [-0.1, -0.05) is 22.9 Å². The standard InChI is InChI=1S/C14H23BrN4/c1-4-7-19(9-8-18(2)3)13-10-11(15)5-6-12(13)14(16)17/h5-6,10H,4,7-9H2,1-3H3,(H3,16,17). The minimum absolute atomic E-state index is 0.119. The molecule has 0 aliphatic carbocycles. The number of amidine groups is 1. The number of nitrogens with one attached hydrogen (secondary N) is 1. The van der Waals surface area contributed by atoms with Crippen LogP contribution in [0.2, 0.25) is 0 Å². The average molecular weight is 327 g/mol. The van der Waals surface area contributed by atoms with E-state index in [1.54, 1.807) is 0 Å². The highest BCUT2D eigenvalue weighted by Gasteiger charge is 2.13. The zero-order chi connectivity index (χ0) is 14.4. The Balaban J connectivity index is 3.05. The lowest BCUT2D eigenvalue weighted by molar-refractivity contribution is 0.413. The van der Waals surface area contributed by atoms with Crippen LogP contribution in [-0.4, -0.2) is 44.5 Å². The second-order valence-electron chi connectivity index (χ2n) is 4.87. The highest BCUT2D eigenvalue weighted by molar-refractivity contribution is 9.10. The fraction of sp³-hybridized carbons (Fsp3) is 0.500. The van der Waals surface area contributed by atoms with Gasteiger partial charge in [-0.3, -0.25) is 5.41 Å². The molecular weight excluding hydrogens is 304 g/mol. The molecule has 0 saturated heterocycles. The summed E-state index contributed by atoms with van der Waals surface area (Å²) >= 11 is 3.50. The molecule has 0 saturated carbocycles. The van der Waals surface area contributed by atoms with E-state index in [2.05, 4.69) is 46.7 Å². The Morgan fingerprint density at radius 3 is 2.47 bits per heavy atom. The van der Waals surface area contributed by atoms with Crippen LogP contribution in [0.15, 0.2) is 22.7 Å². The van der Waals surface area contributed by atoms with Crippen molar-refractivity contribution in [3.63, 3.8) is 0 Å². The number of likely N-dealkylation sites (N-methyl/N-ethyl adjacent to an activating group) is 1. The molecule has 5 heteroatoms. The molecule has 0 aromatic heterocycles. The molecule has 0 fully saturated rings. The van der Waals surface area contributed by atoms with Gasteiger partial charge in [0.25, 0.3) is 0 Å². The molecule has 0 spiro atoms. The van der Waals surface area contributed by atoms with E-state index in [4.69, 9.17) is 11.1 Å². The monoisotopic (exact) mass is 326 g/mol. The number of nitrogens with two attached hydrogens (primary N) is 1. The van der Waals surface area contributed by atoms with Gasteiger partial charge in [0.05, 0.1) is 0 Å². The summed E-state index contributed by atoms with van der Waals surface area (Å²) in [5.41, 5.74) is 7.52. The Kier molecular flexibility index (Phi) is 6.31. The third kappa shape index (κ3) is 4.84. The van der Waals surface area contributed by atoms with Gasteiger partial charge in [0, 0.05) is 35.4 Å². The Labute approximate surface area is 124 Å². The van der Waals surface area contributed by atoms with Crippen LogP contribution in [-0.2, 0) is 0 Å². The van der Waals surface area contributed by atoms with Crippen LogP contribution < -0.4 is 10.6 Å². The molecule has 1 rings (SSSR count). The fourth-order valence-electron chi connectivity index (χ4n) is 1.94. The van der Waals surface area contributed by atoms with Crippen molar-refractivity contribution in [2.45, 2.75) is 13.3 Å². The number of anilines is 1. The number of hydrogen-bond acceptors (Lipinski definition) is 3. The first kappa shape index (κ1) is 16.0. The molecule has 0 bridgehead atoms. The third-order valence-corrected chi connectivity index (χ3v) is 3.39. The van der Waals surface area contributed by atoms with Gasteiger partial charge in [-0.05, 0) is 38.7 Å². The zero-order valence-corrected chi connectivity index (χ0v) is 13.5. The van der Waals surface area contributed by atoms with E-state index >= 15 is 0 Å². The van der Waals surface area contributed by atoms with Gasteiger partial charge in [-0.2, -0.15) is 0 Å². The molecule has 1 aromatic carbocycles. The van der Waals surface area contributed by atoms with E-state index in [0.29, 0.717) is 0 Å². The molecular formula is C14H23BrN4. The maximum atomic E-state index is 7.71. The first-order valence-corrected chi connectivity index (χ1v) is 7.28. The number of hydrogen-bond donors (Lipinski definition) is 2. The summed E-state index contributed by atoms with van der Waals surface area (Å²) in [5, 5.41) is 7.71. The number of rotatable bonds is 7. The number of nitrogens with zero attached hydrogens (tertiary/aromatic N) is 2. The van der Waals surface area contributed by atoms with Gasteiger partial charge in [0.2, 0.25) is 0 Å². The topological polar surface area (TPSA) is 56.4 Å². The quantitative estimate of drug-likeness (QED) is 0.598. The summed E-state index contributed by atoms with van der Waals surface area (Å²) in [7, 11) is 4.13. The van der Waals surface area contributed by atoms with Crippen molar-refractivity contribution in [3.8, 4) is 0 Å². The van der Waals surface area contributed by atoms with Gasteiger partial charge < -0.3 is 15.5 Å². The second kappa shape index (κ2) is 7.50. The largest absolute Gasteiger partial charge is 0.384 e. The van der Waals surface area contributed by atoms with Crippen molar-refractivity contribution in [2.24, 2.45) is 5.73 Å². The van der Waals surface area contributed by atoms with Crippen molar-refractivity contribution >= 4 is 27.5 Å². The molecule has 0 heterocycles. The minimum atomic E-state index is 0.119. The molecule has 0 aliphatic heterocycles. The predicted octanol–water partition coefficient (Wildman–Crippen LogP) is 2.51. The van der Waals surface area contributed by atoms with E-state index in [0.717, 1.165) is 41.8 Å². The van der Waals surface area contributed by atoms with Crippen LogP contribution >= 0.6 is 15.9 Å². The maximum Gasteiger partial charge on any atom is 0.124 e.